The molecule has 0 saturated heterocycles. The molecule has 2 nitrogen and oxygen atoms in total. The number of fused-ring (bicyclic) bond motifs is 3. The molecule has 31 heavy (non-hydrogen) atoms. The summed E-state index contributed by atoms with van der Waals surface area (Å²) in [7, 11) is 0. The van der Waals surface area contributed by atoms with Crippen LogP contribution < -0.4 is 5.32 Å². The number of nitrogens with zero attached hydrogens (tertiary/aromatic N) is 1. The van der Waals surface area contributed by atoms with E-state index >= 15 is 0 Å². The maximum Gasteiger partial charge on any atom is 0.0721 e. The molecule has 3 aromatic carbocycles. The average molecular weight is 401 g/mol. The van der Waals surface area contributed by atoms with Crippen LogP contribution in [0.2, 0.25) is 0 Å². The topological polar surface area (TPSA) is 17.0 Å². The van der Waals surface area contributed by atoms with Crippen LogP contribution in [0.4, 0.5) is 0 Å². The lowest BCUT2D eigenvalue weighted by molar-refractivity contribution is 0.758. The summed E-state index contributed by atoms with van der Waals surface area (Å²) in [6, 6.07) is 30.2. The van der Waals surface area contributed by atoms with Crippen molar-refractivity contribution in [3.63, 3.8) is 0 Å². The summed E-state index contributed by atoms with van der Waals surface area (Å²) in [5, 5.41) is 5.10. The van der Waals surface area contributed by atoms with Gasteiger partial charge >= 0.3 is 0 Å². The minimum atomic E-state index is 0.118. The van der Waals surface area contributed by atoms with Crippen molar-refractivity contribution >= 4 is 28.4 Å². The van der Waals surface area contributed by atoms with E-state index in [1.165, 1.54) is 39.0 Å². The zero-order valence-electron chi connectivity index (χ0n) is 17.3. The number of hydrogen-bond acceptors (Lipinski definition) is 1. The van der Waals surface area contributed by atoms with Crippen LogP contribution in [-0.2, 0) is 6.42 Å². The van der Waals surface area contributed by atoms with Crippen molar-refractivity contribution in [2.45, 2.75) is 18.9 Å². The van der Waals surface area contributed by atoms with Crippen LogP contribution in [0.3, 0.4) is 0 Å². The zero-order chi connectivity index (χ0) is 20.6. The summed E-state index contributed by atoms with van der Waals surface area (Å²) < 4.78 is 2.48. The third-order valence-electron chi connectivity index (χ3n) is 6.29. The normalized spacial score (nSPS) is 17.6. The molecule has 150 valence electrons. The molecular weight excluding hydrogens is 376 g/mol. The number of para-hydroxylation sites is 1. The molecule has 1 unspecified atom stereocenters. The number of nitrogens with one attached hydrogen (secondary N) is 1. The van der Waals surface area contributed by atoms with Crippen molar-refractivity contribution in [3.05, 3.63) is 126 Å². The van der Waals surface area contributed by atoms with Crippen molar-refractivity contribution in [2.75, 3.05) is 0 Å². The van der Waals surface area contributed by atoms with E-state index in [1.54, 1.807) is 0 Å². The molecule has 1 atom stereocenters. The first-order valence-electron chi connectivity index (χ1n) is 11.0. The molecule has 2 heterocycles. The van der Waals surface area contributed by atoms with E-state index in [0.29, 0.717) is 0 Å². The van der Waals surface area contributed by atoms with Crippen molar-refractivity contribution in [1.82, 2.24) is 9.88 Å². The summed E-state index contributed by atoms with van der Waals surface area (Å²) >= 11 is 0. The highest BCUT2D eigenvalue weighted by atomic mass is 15.0. The van der Waals surface area contributed by atoms with Gasteiger partial charge in [-0.2, -0.15) is 0 Å². The minimum Gasteiger partial charge on any atom is -0.374 e. The predicted molar refractivity (Wildman–Crippen MR) is 130 cm³/mol. The van der Waals surface area contributed by atoms with Gasteiger partial charge in [0.1, 0.15) is 0 Å². The standard InChI is InChI=1S/C29H24N2/c1-3-11-21(12-4-1)26-19-23(20-27(30-26)22-13-5-2-6-14-22)31-28-17-9-7-15-24(28)25-16-8-10-18-29(25)31/h1-9,11-17,19-20,26,30H,10,18H2. The van der Waals surface area contributed by atoms with Crippen molar-refractivity contribution in [1.29, 1.82) is 0 Å². The zero-order valence-corrected chi connectivity index (χ0v) is 17.3. The van der Waals surface area contributed by atoms with Crippen LogP contribution in [-0.4, -0.2) is 4.57 Å². The Morgan fingerprint density at radius 2 is 1.55 bits per heavy atom. The van der Waals surface area contributed by atoms with Crippen LogP contribution in [0.15, 0.2) is 103 Å². The molecule has 1 aromatic heterocycles. The Morgan fingerprint density at radius 1 is 0.806 bits per heavy atom. The van der Waals surface area contributed by atoms with Gasteiger partial charge < -0.3 is 9.88 Å². The monoisotopic (exact) mass is 400 g/mol. The minimum absolute atomic E-state index is 0.118. The fraction of sp³-hybridized carbons (Fsp3) is 0.103. The molecule has 0 fully saturated rings. The summed E-state index contributed by atoms with van der Waals surface area (Å²) in [4.78, 5) is 0. The average Bonchev–Trinajstić information content (AvgIpc) is 3.19. The van der Waals surface area contributed by atoms with E-state index in [2.05, 4.69) is 119 Å². The van der Waals surface area contributed by atoms with E-state index in [-0.39, 0.29) is 6.04 Å². The molecular formula is C29H24N2. The van der Waals surface area contributed by atoms with E-state index in [0.717, 1.165) is 18.5 Å². The highest BCUT2D eigenvalue weighted by Gasteiger charge is 2.23. The van der Waals surface area contributed by atoms with Gasteiger partial charge in [0.15, 0.2) is 0 Å². The quantitative estimate of drug-likeness (QED) is 0.399. The van der Waals surface area contributed by atoms with Gasteiger partial charge in [-0.05, 0) is 42.2 Å². The molecule has 6 rings (SSSR count). The summed E-state index contributed by atoms with van der Waals surface area (Å²) in [5.74, 6) is 0. The largest absolute Gasteiger partial charge is 0.374 e. The van der Waals surface area contributed by atoms with Gasteiger partial charge in [-0.3, -0.25) is 0 Å². The molecule has 2 aliphatic rings. The number of aromatic nitrogens is 1. The van der Waals surface area contributed by atoms with E-state index < -0.39 is 0 Å². The van der Waals surface area contributed by atoms with E-state index in [1.807, 2.05) is 0 Å². The van der Waals surface area contributed by atoms with Gasteiger partial charge in [0, 0.05) is 28.0 Å². The van der Waals surface area contributed by atoms with Gasteiger partial charge in [0.2, 0.25) is 0 Å². The Balaban J connectivity index is 1.58. The SMILES string of the molecule is C1=Cc2c(n(C3=CC(c4ccccc4)NC(c4ccccc4)=C3)c3ccccc23)CC1. The molecule has 1 N–H and O–H groups in total. The lowest BCUT2D eigenvalue weighted by Gasteiger charge is -2.27. The fourth-order valence-electron chi connectivity index (χ4n) is 4.85. The van der Waals surface area contributed by atoms with Gasteiger partial charge in [-0.15, -0.1) is 0 Å². The van der Waals surface area contributed by atoms with Crippen LogP contribution >= 0.6 is 0 Å². The Kier molecular flexibility index (Phi) is 4.35. The Morgan fingerprint density at radius 3 is 2.39 bits per heavy atom. The second-order valence-corrected chi connectivity index (χ2v) is 8.20. The van der Waals surface area contributed by atoms with Crippen molar-refractivity contribution < 1.29 is 0 Å². The lowest BCUT2D eigenvalue weighted by atomic mass is 9.99. The third kappa shape index (κ3) is 3.12. The van der Waals surface area contributed by atoms with Crippen LogP contribution in [0, 0.1) is 0 Å². The van der Waals surface area contributed by atoms with Crippen LogP contribution in [0.25, 0.3) is 28.4 Å². The maximum absolute atomic E-state index is 3.76. The van der Waals surface area contributed by atoms with Crippen molar-refractivity contribution in [3.8, 4) is 0 Å². The Labute approximate surface area is 182 Å². The molecule has 0 radical (unpaired) electrons. The molecule has 0 bridgehead atoms. The highest BCUT2D eigenvalue weighted by Crippen LogP contribution is 2.37. The van der Waals surface area contributed by atoms with Gasteiger partial charge in [0.25, 0.3) is 0 Å². The molecule has 0 saturated carbocycles. The van der Waals surface area contributed by atoms with Crippen LogP contribution in [0.1, 0.15) is 34.8 Å². The first-order chi connectivity index (χ1) is 15.4. The Bertz CT molecular complexity index is 1340. The van der Waals surface area contributed by atoms with E-state index in [9.17, 15) is 0 Å². The first-order valence-corrected chi connectivity index (χ1v) is 11.0. The molecule has 0 amide bonds. The molecule has 4 aromatic rings. The van der Waals surface area contributed by atoms with Crippen LogP contribution in [0.5, 0.6) is 0 Å². The summed E-state index contributed by atoms with van der Waals surface area (Å²) in [6.07, 6.45) is 11.4. The number of dihydropyridines is 1. The molecule has 1 aliphatic heterocycles. The summed E-state index contributed by atoms with van der Waals surface area (Å²) in [5.41, 5.74) is 8.93. The number of allylic oxidation sites excluding steroid dienone is 3. The lowest BCUT2D eigenvalue weighted by Crippen LogP contribution is -2.23. The second-order valence-electron chi connectivity index (χ2n) is 8.20. The number of hydrogen-bond donors (Lipinski definition) is 1. The summed E-state index contributed by atoms with van der Waals surface area (Å²) in [6.45, 7) is 0. The highest BCUT2D eigenvalue weighted by molar-refractivity contribution is 5.96. The fourth-order valence-corrected chi connectivity index (χ4v) is 4.85. The molecule has 0 spiro atoms. The first kappa shape index (κ1) is 18.0. The van der Waals surface area contributed by atoms with Gasteiger partial charge in [0.05, 0.1) is 11.6 Å². The predicted octanol–water partition coefficient (Wildman–Crippen LogP) is 6.83. The third-order valence-corrected chi connectivity index (χ3v) is 6.29. The van der Waals surface area contributed by atoms with Crippen molar-refractivity contribution in [2.24, 2.45) is 0 Å². The second kappa shape index (κ2) is 7.48. The smallest absolute Gasteiger partial charge is 0.0721 e. The number of benzene rings is 3. The maximum atomic E-state index is 3.76. The number of rotatable bonds is 3. The van der Waals surface area contributed by atoms with Gasteiger partial charge in [-0.1, -0.05) is 91.0 Å². The molecule has 2 heteroatoms. The van der Waals surface area contributed by atoms with E-state index in [4.69, 9.17) is 0 Å². The molecule has 1 aliphatic carbocycles. The van der Waals surface area contributed by atoms with Gasteiger partial charge in [-0.25, -0.2) is 0 Å². The Hall–Kier alpha value is -3.78.